The summed E-state index contributed by atoms with van der Waals surface area (Å²) < 4.78 is 10.2. The summed E-state index contributed by atoms with van der Waals surface area (Å²) in [6.45, 7) is 4.48. The predicted octanol–water partition coefficient (Wildman–Crippen LogP) is 1.09. The molecule has 0 spiro atoms. The monoisotopic (exact) mass is 269 g/mol. The maximum absolute atomic E-state index is 10.8. The molecule has 1 unspecified atom stereocenters. The van der Waals surface area contributed by atoms with Gasteiger partial charge in [0.1, 0.15) is 0 Å². The molecule has 7 nitrogen and oxygen atoms in total. The van der Waals surface area contributed by atoms with Crippen LogP contribution in [0.4, 0.5) is 5.95 Å². The zero-order valence-electron chi connectivity index (χ0n) is 11.3. The number of carbonyl (C=O) groups is 1. The van der Waals surface area contributed by atoms with E-state index in [0.29, 0.717) is 18.4 Å². The van der Waals surface area contributed by atoms with Gasteiger partial charge in [0.15, 0.2) is 6.10 Å². The Labute approximate surface area is 112 Å². The minimum Gasteiger partial charge on any atom is -0.479 e. The topological polar surface area (TPSA) is 93.6 Å². The van der Waals surface area contributed by atoms with E-state index in [4.69, 9.17) is 14.6 Å². The van der Waals surface area contributed by atoms with Crippen molar-refractivity contribution in [1.29, 1.82) is 0 Å². The fraction of sp³-hybridized carbons (Fsp3) is 0.583. The van der Waals surface area contributed by atoms with Crippen LogP contribution in [-0.2, 0) is 9.53 Å². The number of ether oxygens (including phenoxy) is 2. The standard InChI is InChI=1S/C12H19N3O4/c1-4-5-19-10-6-8(2)14-12(15-10)13-7-9(18-3)11(16)17/h6,9H,4-5,7H2,1-3H3,(H,16,17)(H,13,14,15). The molecule has 0 aliphatic heterocycles. The van der Waals surface area contributed by atoms with E-state index in [0.717, 1.165) is 12.1 Å². The molecule has 0 bridgehead atoms. The van der Waals surface area contributed by atoms with E-state index in [2.05, 4.69) is 15.3 Å². The first-order valence-corrected chi connectivity index (χ1v) is 6.04. The number of carboxylic acid groups (broad SMARTS) is 1. The lowest BCUT2D eigenvalue weighted by atomic mass is 10.3. The molecule has 0 saturated carbocycles. The van der Waals surface area contributed by atoms with Gasteiger partial charge in [0.2, 0.25) is 11.8 Å². The Morgan fingerprint density at radius 1 is 1.53 bits per heavy atom. The minimum atomic E-state index is -1.04. The lowest BCUT2D eigenvalue weighted by Crippen LogP contribution is -2.30. The fourth-order valence-corrected chi connectivity index (χ4v) is 1.35. The molecular weight excluding hydrogens is 250 g/mol. The van der Waals surface area contributed by atoms with Crippen molar-refractivity contribution in [3.63, 3.8) is 0 Å². The molecule has 1 rings (SSSR count). The maximum atomic E-state index is 10.8. The summed E-state index contributed by atoms with van der Waals surface area (Å²) in [4.78, 5) is 19.1. The first kappa shape index (κ1) is 15.2. The van der Waals surface area contributed by atoms with Crippen LogP contribution in [0.5, 0.6) is 5.88 Å². The van der Waals surface area contributed by atoms with Crippen LogP contribution >= 0.6 is 0 Å². The van der Waals surface area contributed by atoms with Crippen LogP contribution in [-0.4, -0.2) is 47.4 Å². The second kappa shape index (κ2) is 7.52. The third-order valence-corrected chi connectivity index (χ3v) is 2.29. The highest BCUT2D eigenvalue weighted by atomic mass is 16.5. The van der Waals surface area contributed by atoms with Crippen molar-refractivity contribution in [2.24, 2.45) is 0 Å². The summed E-state index contributed by atoms with van der Waals surface area (Å²) in [6.07, 6.45) is -0.0551. The molecule has 0 aliphatic carbocycles. The summed E-state index contributed by atoms with van der Waals surface area (Å²) in [5.41, 5.74) is 0.743. The molecule has 0 aromatic carbocycles. The normalized spacial score (nSPS) is 11.9. The van der Waals surface area contributed by atoms with Gasteiger partial charge in [-0.3, -0.25) is 0 Å². The number of anilines is 1. The number of methoxy groups -OCH3 is 1. The molecule has 106 valence electrons. The van der Waals surface area contributed by atoms with E-state index in [9.17, 15) is 4.79 Å². The molecule has 0 aliphatic rings. The molecule has 1 heterocycles. The van der Waals surface area contributed by atoms with Crippen LogP contribution in [0.1, 0.15) is 19.0 Å². The van der Waals surface area contributed by atoms with Gasteiger partial charge in [-0.15, -0.1) is 0 Å². The first-order chi connectivity index (χ1) is 9.06. The third-order valence-electron chi connectivity index (χ3n) is 2.29. The van der Waals surface area contributed by atoms with Gasteiger partial charge in [0, 0.05) is 18.9 Å². The molecular formula is C12H19N3O4. The second-order valence-corrected chi connectivity index (χ2v) is 3.96. The van der Waals surface area contributed by atoms with Crippen LogP contribution in [0.2, 0.25) is 0 Å². The lowest BCUT2D eigenvalue weighted by Gasteiger charge is -2.12. The summed E-state index contributed by atoms with van der Waals surface area (Å²) in [7, 11) is 1.34. The van der Waals surface area contributed by atoms with Gasteiger partial charge in [-0.05, 0) is 13.3 Å². The number of carboxylic acids is 1. The number of hydrogen-bond donors (Lipinski definition) is 2. The maximum Gasteiger partial charge on any atom is 0.334 e. The van der Waals surface area contributed by atoms with Crippen molar-refractivity contribution in [1.82, 2.24) is 9.97 Å². The average molecular weight is 269 g/mol. The van der Waals surface area contributed by atoms with E-state index >= 15 is 0 Å². The number of hydrogen-bond acceptors (Lipinski definition) is 6. The summed E-state index contributed by atoms with van der Waals surface area (Å²) >= 11 is 0. The van der Waals surface area contributed by atoms with Crippen molar-refractivity contribution < 1.29 is 19.4 Å². The summed E-state index contributed by atoms with van der Waals surface area (Å²) in [5, 5.41) is 11.7. The molecule has 0 radical (unpaired) electrons. The minimum absolute atomic E-state index is 0.0858. The van der Waals surface area contributed by atoms with Crippen LogP contribution in [0.15, 0.2) is 6.07 Å². The molecule has 1 atom stereocenters. The van der Waals surface area contributed by atoms with Crippen molar-refractivity contribution in [2.75, 3.05) is 25.6 Å². The Bertz CT molecular complexity index is 425. The molecule has 1 aromatic rings. The molecule has 0 fully saturated rings. The quantitative estimate of drug-likeness (QED) is 0.729. The number of aliphatic carboxylic acids is 1. The smallest absolute Gasteiger partial charge is 0.334 e. The Kier molecular flexibility index (Phi) is 6.01. The molecule has 0 saturated heterocycles. The van der Waals surface area contributed by atoms with Crippen molar-refractivity contribution in [3.05, 3.63) is 11.8 Å². The Hall–Kier alpha value is -1.89. The molecule has 2 N–H and O–H groups in total. The van der Waals surface area contributed by atoms with Crippen LogP contribution in [0.25, 0.3) is 0 Å². The highest BCUT2D eigenvalue weighted by Gasteiger charge is 2.16. The number of aryl methyl sites for hydroxylation is 1. The van der Waals surface area contributed by atoms with Crippen LogP contribution in [0.3, 0.4) is 0 Å². The van der Waals surface area contributed by atoms with E-state index < -0.39 is 12.1 Å². The van der Waals surface area contributed by atoms with Crippen molar-refractivity contribution >= 4 is 11.9 Å². The van der Waals surface area contributed by atoms with Gasteiger partial charge < -0.3 is 19.9 Å². The zero-order valence-corrected chi connectivity index (χ0v) is 11.3. The van der Waals surface area contributed by atoms with E-state index in [-0.39, 0.29) is 6.54 Å². The Balaban J connectivity index is 2.67. The zero-order chi connectivity index (χ0) is 14.3. The highest BCUT2D eigenvalue weighted by Crippen LogP contribution is 2.12. The number of nitrogens with one attached hydrogen (secondary N) is 1. The fourth-order valence-electron chi connectivity index (χ4n) is 1.35. The number of nitrogens with zero attached hydrogens (tertiary/aromatic N) is 2. The van der Waals surface area contributed by atoms with Gasteiger partial charge >= 0.3 is 5.97 Å². The molecule has 7 heteroatoms. The van der Waals surface area contributed by atoms with Gasteiger partial charge in [0.25, 0.3) is 0 Å². The SMILES string of the molecule is CCCOc1cc(C)nc(NCC(OC)C(=O)O)n1. The summed E-state index contributed by atoms with van der Waals surface area (Å²) in [5.74, 6) is -0.236. The Morgan fingerprint density at radius 3 is 2.84 bits per heavy atom. The first-order valence-electron chi connectivity index (χ1n) is 6.04. The Morgan fingerprint density at radius 2 is 2.26 bits per heavy atom. The van der Waals surface area contributed by atoms with E-state index in [1.165, 1.54) is 7.11 Å². The van der Waals surface area contributed by atoms with Gasteiger partial charge in [-0.2, -0.15) is 4.98 Å². The lowest BCUT2D eigenvalue weighted by molar-refractivity contribution is -0.147. The van der Waals surface area contributed by atoms with E-state index in [1.807, 2.05) is 13.8 Å². The van der Waals surface area contributed by atoms with Gasteiger partial charge in [-0.25, -0.2) is 9.78 Å². The van der Waals surface area contributed by atoms with Crippen LogP contribution < -0.4 is 10.1 Å². The third kappa shape index (κ3) is 5.09. The molecule has 19 heavy (non-hydrogen) atoms. The second-order valence-electron chi connectivity index (χ2n) is 3.96. The largest absolute Gasteiger partial charge is 0.479 e. The number of aromatic nitrogens is 2. The number of rotatable bonds is 8. The van der Waals surface area contributed by atoms with Crippen molar-refractivity contribution in [2.45, 2.75) is 26.4 Å². The van der Waals surface area contributed by atoms with Gasteiger partial charge in [-0.1, -0.05) is 6.92 Å². The predicted molar refractivity (Wildman–Crippen MR) is 69.5 cm³/mol. The molecule has 1 aromatic heterocycles. The average Bonchev–Trinajstić information content (AvgIpc) is 2.36. The van der Waals surface area contributed by atoms with E-state index in [1.54, 1.807) is 6.07 Å². The summed E-state index contributed by atoms with van der Waals surface area (Å²) in [6, 6.07) is 1.73. The van der Waals surface area contributed by atoms with Gasteiger partial charge in [0.05, 0.1) is 13.2 Å². The van der Waals surface area contributed by atoms with Crippen molar-refractivity contribution in [3.8, 4) is 5.88 Å². The van der Waals surface area contributed by atoms with Crippen LogP contribution in [0, 0.1) is 6.92 Å². The highest BCUT2D eigenvalue weighted by molar-refractivity contribution is 5.73. The molecule has 0 amide bonds.